The van der Waals surface area contributed by atoms with Crippen molar-refractivity contribution in [1.82, 2.24) is 20.4 Å². The van der Waals surface area contributed by atoms with Gasteiger partial charge in [-0.25, -0.2) is 0 Å². The molecule has 2 aliphatic heterocycles. The highest BCUT2D eigenvalue weighted by Gasteiger charge is 2.24. The van der Waals surface area contributed by atoms with E-state index in [0.29, 0.717) is 12.0 Å². The molecule has 2 fully saturated rings. The number of amides is 1. The van der Waals surface area contributed by atoms with E-state index in [1.54, 1.807) is 0 Å². The van der Waals surface area contributed by atoms with Gasteiger partial charge in [-0.15, -0.1) is 24.0 Å². The number of carbonyl (C=O) groups is 1. The number of nitrogens with two attached hydrogens (primary N) is 1. The third-order valence-electron chi connectivity index (χ3n) is 6.25. The Morgan fingerprint density at radius 1 is 1.13 bits per heavy atom. The fraction of sp³-hybridized carbons (Fsp3) is 0.909. The molecule has 9 heteroatoms. The zero-order chi connectivity index (χ0) is 21.8. The minimum absolute atomic E-state index is 0. The first kappa shape index (κ1) is 28.4. The summed E-state index contributed by atoms with van der Waals surface area (Å²) in [6.45, 7) is 16.0. The summed E-state index contributed by atoms with van der Waals surface area (Å²) in [5.74, 6) is 1.42. The number of halogens is 1. The van der Waals surface area contributed by atoms with Crippen LogP contribution in [0.25, 0.3) is 0 Å². The highest BCUT2D eigenvalue weighted by Crippen LogP contribution is 2.17. The van der Waals surface area contributed by atoms with Gasteiger partial charge in [-0.05, 0) is 58.2 Å². The van der Waals surface area contributed by atoms with Gasteiger partial charge < -0.3 is 26.0 Å². The first-order chi connectivity index (χ1) is 14.5. The van der Waals surface area contributed by atoms with Gasteiger partial charge in [0.1, 0.15) is 0 Å². The first-order valence-corrected chi connectivity index (χ1v) is 11.9. The molecule has 0 spiro atoms. The van der Waals surface area contributed by atoms with Crippen molar-refractivity contribution in [3.8, 4) is 0 Å². The molecule has 2 saturated heterocycles. The number of carbonyl (C=O) groups excluding carboxylic acids is 1. The third kappa shape index (κ3) is 10.7. The second-order valence-corrected chi connectivity index (χ2v) is 8.83. The zero-order valence-electron chi connectivity index (χ0n) is 19.8. The first-order valence-electron chi connectivity index (χ1n) is 11.9. The Morgan fingerprint density at radius 2 is 1.81 bits per heavy atom. The Balaban J connectivity index is 0.00000480. The Morgan fingerprint density at radius 3 is 2.39 bits per heavy atom. The Hall–Kier alpha value is -0.650. The number of guanidine groups is 1. The molecule has 31 heavy (non-hydrogen) atoms. The van der Waals surface area contributed by atoms with E-state index in [1.165, 1.54) is 0 Å². The maximum absolute atomic E-state index is 11.3. The number of rotatable bonds is 11. The fourth-order valence-corrected chi connectivity index (χ4v) is 4.29. The molecule has 8 nitrogen and oxygen atoms in total. The van der Waals surface area contributed by atoms with Crippen molar-refractivity contribution in [2.75, 3.05) is 65.6 Å². The smallest absolute Gasteiger partial charge is 0.220 e. The lowest BCUT2D eigenvalue weighted by molar-refractivity contribution is -0.123. The van der Waals surface area contributed by atoms with E-state index in [1.807, 2.05) is 0 Å². The molecule has 1 atom stereocenters. The van der Waals surface area contributed by atoms with E-state index in [4.69, 9.17) is 15.5 Å². The van der Waals surface area contributed by atoms with Crippen LogP contribution in [0.5, 0.6) is 0 Å². The van der Waals surface area contributed by atoms with Crippen molar-refractivity contribution in [1.29, 1.82) is 0 Å². The van der Waals surface area contributed by atoms with Gasteiger partial charge in [-0.3, -0.25) is 14.7 Å². The molecule has 2 heterocycles. The lowest BCUT2D eigenvalue weighted by Gasteiger charge is -2.36. The predicted molar refractivity (Wildman–Crippen MR) is 138 cm³/mol. The number of nitrogens with one attached hydrogen (secondary N) is 2. The number of ether oxygens (including phenoxy) is 1. The molecule has 0 aromatic heterocycles. The number of primary amides is 1. The van der Waals surface area contributed by atoms with E-state index < -0.39 is 0 Å². The molecule has 0 saturated carbocycles. The van der Waals surface area contributed by atoms with Crippen LogP contribution in [0.1, 0.15) is 46.5 Å². The van der Waals surface area contributed by atoms with E-state index >= 15 is 0 Å². The van der Waals surface area contributed by atoms with Crippen LogP contribution in [0.3, 0.4) is 0 Å². The van der Waals surface area contributed by atoms with Crippen LogP contribution in [-0.2, 0) is 9.53 Å². The third-order valence-corrected chi connectivity index (χ3v) is 6.25. The van der Waals surface area contributed by atoms with Crippen molar-refractivity contribution in [2.24, 2.45) is 22.6 Å². The summed E-state index contributed by atoms with van der Waals surface area (Å²) in [7, 11) is 0. The highest BCUT2D eigenvalue weighted by molar-refractivity contribution is 14.0. The quantitative estimate of drug-likeness (QED) is 0.156. The normalized spacial score (nSPS) is 20.3. The average molecular weight is 553 g/mol. The van der Waals surface area contributed by atoms with Crippen molar-refractivity contribution in [3.05, 3.63) is 0 Å². The van der Waals surface area contributed by atoms with Gasteiger partial charge in [0.15, 0.2) is 5.96 Å². The van der Waals surface area contributed by atoms with Gasteiger partial charge in [-0.2, -0.15) is 0 Å². The molecular formula is C22H45IN6O2. The SMILES string of the molecule is CCNC(=NCC(C(C)C)N1CCOCC1)NCCCCN1CCC(C(N)=O)CC1.I. The van der Waals surface area contributed by atoms with Crippen LogP contribution >= 0.6 is 24.0 Å². The van der Waals surface area contributed by atoms with Gasteiger partial charge >= 0.3 is 0 Å². The van der Waals surface area contributed by atoms with E-state index in [2.05, 4.69) is 41.2 Å². The van der Waals surface area contributed by atoms with Crippen LogP contribution in [-0.4, -0.2) is 93.3 Å². The zero-order valence-corrected chi connectivity index (χ0v) is 22.1. The standard InChI is InChI=1S/C22H44N6O2.HI/c1-4-24-22(26-17-20(18(2)3)28-13-15-30-16-14-28)25-9-5-6-10-27-11-7-19(8-12-27)21(23)29;/h18-20H,4-17H2,1-3H3,(H2,23,29)(H2,24,25,26);1H. The second-order valence-electron chi connectivity index (χ2n) is 8.83. The highest BCUT2D eigenvalue weighted by atomic mass is 127. The Kier molecular flexibility index (Phi) is 14.7. The number of aliphatic imine (C=N–C) groups is 1. The van der Waals surface area contributed by atoms with Crippen molar-refractivity contribution >= 4 is 35.8 Å². The molecule has 4 N–H and O–H groups in total. The van der Waals surface area contributed by atoms with Crippen molar-refractivity contribution < 1.29 is 9.53 Å². The molecule has 2 rings (SSSR count). The number of hydrogen-bond donors (Lipinski definition) is 3. The summed E-state index contributed by atoms with van der Waals surface area (Å²) < 4.78 is 5.50. The van der Waals surface area contributed by atoms with Gasteiger partial charge in [-0.1, -0.05) is 13.8 Å². The summed E-state index contributed by atoms with van der Waals surface area (Å²) >= 11 is 0. The largest absolute Gasteiger partial charge is 0.379 e. The van der Waals surface area contributed by atoms with E-state index in [9.17, 15) is 4.79 Å². The molecule has 182 valence electrons. The maximum atomic E-state index is 11.3. The molecule has 2 aliphatic rings. The number of unbranched alkanes of at least 4 members (excludes halogenated alkanes) is 1. The van der Waals surface area contributed by atoms with Gasteiger partial charge in [0.2, 0.25) is 5.91 Å². The van der Waals surface area contributed by atoms with Crippen LogP contribution in [0.4, 0.5) is 0 Å². The van der Waals surface area contributed by atoms with Crippen LogP contribution in [0, 0.1) is 11.8 Å². The Labute approximate surface area is 206 Å². The van der Waals surface area contributed by atoms with Gasteiger partial charge in [0, 0.05) is 38.1 Å². The Bertz CT molecular complexity index is 520. The van der Waals surface area contributed by atoms with Crippen molar-refractivity contribution in [3.63, 3.8) is 0 Å². The summed E-state index contributed by atoms with van der Waals surface area (Å²) in [6.07, 6.45) is 4.07. The lowest BCUT2D eigenvalue weighted by atomic mass is 9.96. The minimum Gasteiger partial charge on any atom is -0.379 e. The number of piperidine rings is 1. The summed E-state index contributed by atoms with van der Waals surface area (Å²) in [4.78, 5) is 21.1. The molecule has 1 amide bonds. The number of likely N-dealkylation sites (tertiary alicyclic amines) is 1. The topological polar surface area (TPSA) is 95.2 Å². The van der Waals surface area contributed by atoms with Gasteiger partial charge in [0.25, 0.3) is 0 Å². The number of nitrogens with zero attached hydrogens (tertiary/aromatic N) is 3. The lowest BCUT2D eigenvalue weighted by Crippen LogP contribution is -2.48. The van der Waals surface area contributed by atoms with Crippen LogP contribution < -0.4 is 16.4 Å². The van der Waals surface area contributed by atoms with E-state index in [-0.39, 0.29) is 35.8 Å². The number of hydrogen-bond acceptors (Lipinski definition) is 5. The van der Waals surface area contributed by atoms with Crippen LogP contribution in [0.2, 0.25) is 0 Å². The molecule has 0 bridgehead atoms. The minimum atomic E-state index is -0.137. The fourth-order valence-electron chi connectivity index (χ4n) is 4.29. The second kappa shape index (κ2) is 16.0. The molecule has 0 aliphatic carbocycles. The molecule has 0 aromatic rings. The average Bonchev–Trinajstić information content (AvgIpc) is 2.74. The van der Waals surface area contributed by atoms with Gasteiger partial charge in [0.05, 0.1) is 19.8 Å². The van der Waals surface area contributed by atoms with E-state index in [0.717, 1.165) is 97.2 Å². The maximum Gasteiger partial charge on any atom is 0.220 e. The molecule has 0 aromatic carbocycles. The summed E-state index contributed by atoms with van der Waals surface area (Å²) in [6, 6.07) is 0.452. The molecule has 0 radical (unpaired) electrons. The monoisotopic (exact) mass is 552 g/mol. The summed E-state index contributed by atoms with van der Waals surface area (Å²) in [5.41, 5.74) is 5.42. The predicted octanol–water partition coefficient (Wildman–Crippen LogP) is 1.49. The van der Waals surface area contributed by atoms with Crippen LogP contribution in [0.15, 0.2) is 4.99 Å². The molecule has 1 unspecified atom stereocenters. The number of morpholine rings is 1. The summed E-state index contributed by atoms with van der Waals surface area (Å²) in [5, 5.41) is 6.87. The van der Waals surface area contributed by atoms with Crippen molar-refractivity contribution in [2.45, 2.75) is 52.5 Å². The molecular weight excluding hydrogens is 507 g/mol.